The lowest BCUT2D eigenvalue weighted by molar-refractivity contribution is -0.384. The Kier molecular flexibility index (Phi) is 4.14. The van der Waals surface area contributed by atoms with Gasteiger partial charge in [-0.1, -0.05) is 11.6 Å². The Morgan fingerprint density at radius 2 is 2.26 bits per heavy atom. The molecule has 0 spiro atoms. The number of aromatic nitrogens is 2. The molecule has 7 nitrogen and oxygen atoms in total. The Hall–Kier alpha value is -2.25. The van der Waals surface area contributed by atoms with Gasteiger partial charge in [-0.2, -0.15) is 0 Å². The van der Waals surface area contributed by atoms with Crippen molar-refractivity contribution >= 4 is 17.3 Å². The third-order valence-electron chi connectivity index (χ3n) is 3.91. The second-order valence-electron chi connectivity index (χ2n) is 5.57. The summed E-state index contributed by atoms with van der Waals surface area (Å²) in [5.41, 5.74) is 2.12. The third-order valence-corrected chi connectivity index (χ3v) is 4.27. The minimum atomic E-state index is -0.435. The summed E-state index contributed by atoms with van der Waals surface area (Å²) in [6, 6.07) is 4.43. The number of halogens is 1. The molecule has 2 aromatic rings. The van der Waals surface area contributed by atoms with E-state index in [1.165, 1.54) is 12.1 Å². The summed E-state index contributed by atoms with van der Waals surface area (Å²) in [6.45, 7) is 3.44. The number of fused-ring (bicyclic) bond motifs is 1. The molecule has 0 amide bonds. The van der Waals surface area contributed by atoms with Crippen LogP contribution in [0.25, 0.3) is 0 Å². The van der Waals surface area contributed by atoms with Crippen molar-refractivity contribution in [3.63, 3.8) is 0 Å². The molecule has 0 radical (unpaired) electrons. The van der Waals surface area contributed by atoms with Crippen LogP contribution in [0, 0.1) is 17.0 Å². The molecule has 2 heterocycles. The monoisotopic (exact) mass is 334 g/mol. The fraction of sp³-hybridized carbons (Fsp3) is 0.333. The van der Waals surface area contributed by atoms with Gasteiger partial charge in [-0.15, -0.1) is 0 Å². The van der Waals surface area contributed by atoms with Crippen LogP contribution in [0.3, 0.4) is 0 Å². The van der Waals surface area contributed by atoms with Gasteiger partial charge in [0.25, 0.3) is 11.2 Å². The Labute approximate surface area is 137 Å². The maximum absolute atomic E-state index is 11.9. The van der Waals surface area contributed by atoms with E-state index < -0.39 is 4.92 Å². The summed E-state index contributed by atoms with van der Waals surface area (Å²) < 4.78 is 0. The Morgan fingerprint density at radius 3 is 3.00 bits per heavy atom. The summed E-state index contributed by atoms with van der Waals surface area (Å²) in [6.07, 6.45) is 0.602. The number of hydrogen-bond donors (Lipinski definition) is 1. The number of aromatic amines is 1. The number of nitrogens with zero attached hydrogens (tertiary/aromatic N) is 3. The number of hydrogen-bond acceptors (Lipinski definition) is 5. The van der Waals surface area contributed by atoms with E-state index in [-0.39, 0.29) is 11.2 Å². The highest BCUT2D eigenvalue weighted by molar-refractivity contribution is 6.31. The zero-order valence-electron chi connectivity index (χ0n) is 12.5. The average Bonchev–Trinajstić information content (AvgIpc) is 2.48. The number of H-pyrrole nitrogens is 1. The van der Waals surface area contributed by atoms with Crippen molar-refractivity contribution in [2.45, 2.75) is 26.4 Å². The fourth-order valence-corrected chi connectivity index (χ4v) is 2.97. The molecule has 0 fully saturated rings. The van der Waals surface area contributed by atoms with Gasteiger partial charge in [0, 0.05) is 42.4 Å². The number of rotatable bonds is 3. The second-order valence-corrected chi connectivity index (χ2v) is 5.98. The van der Waals surface area contributed by atoms with E-state index in [0.717, 1.165) is 11.3 Å². The van der Waals surface area contributed by atoms with Crippen LogP contribution in [0.1, 0.15) is 22.6 Å². The quantitative estimate of drug-likeness (QED) is 0.686. The van der Waals surface area contributed by atoms with Crippen molar-refractivity contribution in [3.8, 4) is 0 Å². The van der Waals surface area contributed by atoms with Crippen LogP contribution >= 0.6 is 11.6 Å². The highest BCUT2D eigenvalue weighted by Crippen LogP contribution is 2.25. The minimum Gasteiger partial charge on any atom is -0.311 e. The molecule has 1 aliphatic heterocycles. The lowest BCUT2D eigenvalue weighted by Crippen LogP contribution is -2.35. The van der Waals surface area contributed by atoms with Crippen molar-refractivity contribution in [1.82, 2.24) is 14.9 Å². The van der Waals surface area contributed by atoms with Crippen LogP contribution in [0.2, 0.25) is 5.02 Å². The Morgan fingerprint density at radius 1 is 1.48 bits per heavy atom. The number of aryl methyl sites for hydroxylation is 1. The van der Waals surface area contributed by atoms with Gasteiger partial charge in [-0.3, -0.25) is 19.8 Å². The molecule has 0 unspecified atom stereocenters. The number of non-ortho nitro benzene ring substituents is 1. The predicted octanol–water partition coefficient (Wildman–Crippen LogP) is 2.20. The van der Waals surface area contributed by atoms with E-state index >= 15 is 0 Å². The summed E-state index contributed by atoms with van der Waals surface area (Å²) in [5, 5.41) is 11.4. The largest absolute Gasteiger partial charge is 0.311 e. The van der Waals surface area contributed by atoms with E-state index in [4.69, 9.17) is 11.6 Å². The van der Waals surface area contributed by atoms with Crippen molar-refractivity contribution in [1.29, 1.82) is 0 Å². The van der Waals surface area contributed by atoms with Gasteiger partial charge >= 0.3 is 0 Å². The molecule has 1 aliphatic rings. The van der Waals surface area contributed by atoms with Gasteiger partial charge < -0.3 is 4.98 Å². The summed E-state index contributed by atoms with van der Waals surface area (Å²) in [5.74, 6) is 0.587. The van der Waals surface area contributed by atoms with Crippen LogP contribution < -0.4 is 5.56 Å². The fourth-order valence-electron chi connectivity index (χ4n) is 2.79. The molecule has 0 atom stereocenters. The van der Waals surface area contributed by atoms with E-state index in [0.29, 0.717) is 42.5 Å². The summed E-state index contributed by atoms with van der Waals surface area (Å²) >= 11 is 6.15. The molecular weight excluding hydrogens is 320 g/mol. The standard InChI is InChI=1S/C15H15ClN4O3/c1-9-17-14-8-19(5-4-12(14)15(21)18-9)7-10-6-11(20(22)23)2-3-13(10)16/h2-3,6H,4-5,7-8H2,1H3,(H,17,18,21). The van der Waals surface area contributed by atoms with E-state index in [1.54, 1.807) is 13.0 Å². The van der Waals surface area contributed by atoms with Crippen molar-refractivity contribution in [3.05, 3.63) is 66.3 Å². The lowest BCUT2D eigenvalue weighted by Gasteiger charge is -2.27. The summed E-state index contributed by atoms with van der Waals surface area (Å²) in [4.78, 5) is 31.6. The molecule has 0 saturated carbocycles. The SMILES string of the molecule is Cc1nc2c(c(=O)[nH]1)CCN(Cc1cc([N+](=O)[O-])ccc1Cl)C2. The predicted molar refractivity (Wildman–Crippen MR) is 85.5 cm³/mol. The highest BCUT2D eigenvalue weighted by Gasteiger charge is 2.22. The van der Waals surface area contributed by atoms with Gasteiger partial charge in [0.2, 0.25) is 0 Å². The zero-order chi connectivity index (χ0) is 16.6. The van der Waals surface area contributed by atoms with E-state index in [9.17, 15) is 14.9 Å². The van der Waals surface area contributed by atoms with E-state index in [2.05, 4.69) is 14.9 Å². The normalized spacial score (nSPS) is 14.5. The van der Waals surface area contributed by atoms with Gasteiger partial charge in [0.15, 0.2) is 0 Å². The molecule has 8 heteroatoms. The van der Waals surface area contributed by atoms with Crippen LogP contribution in [0.4, 0.5) is 5.69 Å². The maximum Gasteiger partial charge on any atom is 0.269 e. The van der Waals surface area contributed by atoms with Gasteiger partial charge in [-0.25, -0.2) is 4.98 Å². The maximum atomic E-state index is 11.9. The van der Waals surface area contributed by atoms with Crippen molar-refractivity contribution in [2.75, 3.05) is 6.54 Å². The van der Waals surface area contributed by atoms with Crippen LogP contribution in [-0.2, 0) is 19.5 Å². The second kappa shape index (κ2) is 6.10. The zero-order valence-corrected chi connectivity index (χ0v) is 13.3. The Bertz CT molecular complexity index is 834. The van der Waals surface area contributed by atoms with Gasteiger partial charge in [-0.05, 0) is 25.0 Å². The molecule has 1 aromatic carbocycles. The molecule has 1 N–H and O–H groups in total. The molecule has 0 saturated heterocycles. The molecule has 3 rings (SSSR count). The van der Waals surface area contributed by atoms with Crippen LogP contribution in [0.15, 0.2) is 23.0 Å². The van der Waals surface area contributed by atoms with Crippen LogP contribution in [-0.4, -0.2) is 26.3 Å². The number of nitrogens with one attached hydrogen (secondary N) is 1. The van der Waals surface area contributed by atoms with E-state index in [1.807, 2.05) is 0 Å². The molecule has 1 aromatic heterocycles. The molecular formula is C15H15ClN4O3. The minimum absolute atomic E-state index is 0.0206. The van der Waals surface area contributed by atoms with Gasteiger partial charge in [0.05, 0.1) is 10.6 Å². The lowest BCUT2D eigenvalue weighted by atomic mass is 10.1. The first-order chi connectivity index (χ1) is 10.9. The third kappa shape index (κ3) is 3.25. The smallest absolute Gasteiger partial charge is 0.269 e. The molecule has 120 valence electrons. The number of nitro groups is 1. The topological polar surface area (TPSA) is 92.1 Å². The Balaban J connectivity index is 1.84. The summed E-state index contributed by atoms with van der Waals surface area (Å²) in [7, 11) is 0. The van der Waals surface area contributed by atoms with Crippen LogP contribution in [0.5, 0.6) is 0 Å². The first kappa shape index (κ1) is 15.6. The number of benzene rings is 1. The van der Waals surface area contributed by atoms with Crippen molar-refractivity contribution < 1.29 is 4.92 Å². The first-order valence-corrected chi connectivity index (χ1v) is 7.55. The highest BCUT2D eigenvalue weighted by atomic mass is 35.5. The first-order valence-electron chi connectivity index (χ1n) is 7.18. The molecule has 0 bridgehead atoms. The van der Waals surface area contributed by atoms with Gasteiger partial charge in [0.1, 0.15) is 5.82 Å². The average molecular weight is 335 g/mol. The molecule has 23 heavy (non-hydrogen) atoms. The number of nitro benzene ring substituents is 1. The van der Waals surface area contributed by atoms with Crippen molar-refractivity contribution in [2.24, 2.45) is 0 Å². The molecule has 0 aliphatic carbocycles.